The molecule has 0 spiro atoms. The van der Waals surface area contributed by atoms with Crippen LogP contribution in [0.5, 0.6) is 0 Å². The van der Waals surface area contributed by atoms with E-state index >= 15 is 0 Å². The third-order valence-corrected chi connectivity index (χ3v) is 3.34. The van der Waals surface area contributed by atoms with Gasteiger partial charge in [0.1, 0.15) is 0 Å². The van der Waals surface area contributed by atoms with Gasteiger partial charge in [-0.1, -0.05) is 6.92 Å². The minimum atomic E-state index is 0.407. The molecule has 0 radical (unpaired) electrons. The lowest BCUT2D eigenvalue weighted by molar-refractivity contribution is 0.151. The molecule has 0 aliphatic carbocycles. The predicted molar refractivity (Wildman–Crippen MR) is 63.4 cm³/mol. The maximum Gasteiger partial charge on any atom is 0.0952 e. The Labute approximate surface area is 97.0 Å². The second-order valence-corrected chi connectivity index (χ2v) is 4.39. The Morgan fingerprint density at radius 3 is 3.19 bits per heavy atom. The summed E-state index contributed by atoms with van der Waals surface area (Å²) in [5, 5.41) is 3.52. The van der Waals surface area contributed by atoms with Crippen LogP contribution in [-0.2, 0) is 4.74 Å². The van der Waals surface area contributed by atoms with E-state index in [2.05, 4.69) is 21.8 Å². The number of rotatable bonds is 5. The SMILES string of the molecule is CCC(COC)n1cncc1[C@@H]1CCCN1. The first-order valence-corrected chi connectivity index (χ1v) is 6.10. The van der Waals surface area contributed by atoms with Gasteiger partial charge in [-0.15, -0.1) is 0 Å². The molecule has 2 atom stereocenters. The van der Waals surface area contributed by atoms with Crippen molar-refractivity contribution >= 4 is 0 Å². The molecule has 1 aromatic heterocycles. The number of aromatic nitrogens is 2. The van der Waals surface area contributed by atoms with Crippen molar-refractivity contribution in [2.75, 3.05) is 20.3 Å². The third-order valence-electron chi connectivity index (χ3n) is 3.34. The molecule has 1 aliphatic heterocycles. The van der Waals surface area contributed by atoms with Gasteiger partial charge in [-0.05, 0) is 25.8 Å². The Morgan fingerprint density at radius 1 is 1.69 bits per heavy atom. The van der Waals surface area contributed by atoms with Crippen molar-refractivity contribution in [3.05, 3.63) is 18.2 Å². The monoisotopic (exact) mass is 223 g/mol. The number of ether oxygens (including phenoxy) is 1. The summed E-state index contributed by atoms with van der Waals surface area (Å²) in [6, 6.07) is 0.887. The van der Waals surface area contributed by atoms with E-state index in [0.717, 1.165) is 19.6 Å². The van der Waals surface area contributed by atoms with Crippen molar-refractivity contribution in [3.63, 3.8) is 0 Å². The van der Waals surface area contributed by atoms with Gasteiger partial charge in [-0.2, -0.15) is 0 Å². The Kier molecular flexibility index (Phi) is 3.96. The number of hydrogen-bond donors (Lipinski definition) is 1. The first kappa shape index (κ1) is 11.6. The minimum Gasteiger partial charge on any atom is -0.383 e. The summed E-state index contributed by atoms with van der Waals surface area (Å²) in [5.41, 5.74) is 1.31. The van der Waals surface area contributed by atoms with Crippen molar-refractivity contribution in [2.45, 2.75) is 38.3 Å². The fourth-order valence-electron chi connectivity index (χ4n) is 2.41. The fourth-order valence-corrected chi connectivity index (χ4v) is 2.41. The second kappa shape index (κ2) is 5.46. The summed E-state index contributed by atoms with van der Waals surface area (Å²) in [7, 11) is 1.76. The zero-order chi connectivity index (χ0) is 11.4. The number of imidazole rings is 1. The van der Waals surface area contributed by atoms with Gasteiger partial charge < -0.3 is 14.6 Å². The highest BCUT2D eigenvalue weighted by molar-refractivity contribution is 5.08. The Hall–Kier alpha value is -0.870. The van der Waals surface area contributed by atoms with E-state index in [1.165, 1.54) is 18.5 Å². The molecule has 0 bridgehead atoms. The quantitative estimate of drug-likeness (QED) is 0.828. The van der Waals surface area contributed by atoms with Crippen LogP contribution in [0.3, 0.4) is 0 Å². The molecule has 0 aromatic carbocycles. The first-order valence-electron chi connectivity index (χ1n) is 6.10. The fraction of sp³-hybridized carbons (Fsp3) is 0.750. The number of methoxy groups -OCH3 is 1. The standard InChI is InChI=1S/C12H21N3O/c1-3-10(8-16-2)15-9-13-7-12(15)11-5-4-6-14-11/h7,9-11,14H,3-6,8H2,1-2H3/t10?,11-/m0/s1. The average Bonchev–Trinajstić information content (AvgIpc) is 2.94. The molecule has 0 amide bonds. The highest BCUT2D eigenvalue weighted by Crippen LogP contribution is 2.26. The zero-order valence-electron chi connectivity index (χ0n) is 10.1. The Morgan fingerprint density at radius 2 is 2.56 bits per heavy atom. The smallest absolute Gasteiger partial charge is 0.0952 e. The van der Waals surface area contributed by atoms with E-state index in [1.54, 1.807) is 7.11 Å². The van der Waals surface area contributed by atoms with Gasteiger partial charge in [-0.25, -0.2) is 4.98 Å². The molecular formula is C12H21N3O. The second-order valence-electron chi connectivity index (χ2n) is 4.39. The van der Waals surface area contributed by atoms with Crippen LogP contribution in [0.1, 0.15) is 44.0 Å². The molecule has 4 nitrogen and oxygen atoms in total. The molecule has 2 heterocycles. The molecule has 1 aliphatic rings. The van der Waals surface area contributed by atoms with Gasteiger partial charge in [0.05, 0.1) is 24.7 Å². The zero-order valence-corrected chi connectivity index (χ0v) is 10.1. The van der Waals surface area contributed by atoms with E-state index in [-0.39, 0.29) is 0 Å². The lowest BCUT2D eigenvalue weighted by Gasteiger charge is -2.21. The van der Waals surface area contributed by atoms with Gasteiger partial charge in [0.25, 0.3) is 0 Å². The Bertz CT molecular complexity index is 318. The lowest BCUT2D eigenvalue weighted by Crippen LogP contribution is -2.21. The van der Waals surface area contributed by atoms with Gasteiger partial charge >= 0.3 is 0 Å². The number of nitrogens with one attached hydrogen (secondary N) is 1. The molecule has 1 saturated heterocycles. The molecule has 4 heteroatoms. The van der Waals surface area contributed by atoms with Crippen molar-refractivity contribution in [2.24, 2.45) is 0 Å². The summed E-state index contributed by atoms with van der Waals surface area (Å²) in [5.74, 6) is 0. The topological polar surface area (TPSA) is 39.1 Å². The van der Waals surface area contributed by atoms with Crippen LogP contribution >= 0.6 is 0 Å². The van der Waals surface area contributed by atoms with E-state index < -0.39 is 0 Å². The van der Waals surface area contributed by atoms with E-state index in [9.17, 15) is 0 Å². The van der Waals surface area contributed by atoms with E-state index in [1.807, 2.05) is 12.5 Å². The maximum atomic E-state index is 5.27. The van der Waals surface area contributed by atoms with Crippen LogP contribution in [0.4, 0.5) is 0 Å². The van der Waals surface area contributed by atoms with Crippen LogP contribution in [0, 0.1) is 0 Å². The van der Waals surface area contributed by atoms with Crippen LogP contribution in [0.2, 0.25) is 0 Å². The van der Waals surface area contributed by atoms with Crippen molar-refractivity contribution in [1.82, 2.24) is 14.9 Å². The first-order chi connectivity index (χ1) is 7.86. The highest BCUT2D eigenvalue weighted by atomic mass is 16.5. The van der Waals surface area contributed by atoms with Crippen molar-refractivity contribution < 1.29 is 4.74 Å². The summed E-state index contributed by atoms with van der Waals surface area (Å²) in [6.07, 6.45) is 7.47. The molecular weight excluding hydrogens is 202 g/mol. The predicted octanol–water partition coefficient (Wildman–Crippen LogP) is 1.91. The lowest BCUT2D eigenvalue weighted by atomic mass is 10.1. The molecule has 90 valence electrons. The molecule has 1 aromatic rings. The molecule has 16 heavy (non-hydrogen) atoms. The normalized spacial score (nSPS) is 22.5. The molecule has 0 saturated carbocycles. The molecule has 1 fully saturated rings. The summed E-state index contributed by atoms with van der Waals surface area (Å²) in [4.78, 5) is 4.29. The molecule has 1 N–H and O–H groups in total. The van der Waals surface area contributed by atoms with Gasteiger partial charge in [0, 0.05) is 19.3 Å². The Balaban J connectivity index is 2.16. The van der Waals surface area contributed by atoms with E-state index in [0.29, 0.717) is 12.1 Å². The maximum absolute atomic E-state index is 5.27. The van der Waals surface area contributed by atoms with Gasteiger partial charge in [0.15, 0.2) is 0 Å². The summed E-state index contributed by atoms with van der Waals surface area (Å²) >= 11 is 0. The average molecular weight is 223 g/mol. The summed E-state index contributed by atoms with van der Waals surface area (Å²) in [6.45, 7) is 4.07. The van der Waals surface area contributed by atoms with Gasteiger partial charge in [-0.3, -0.25) is 0 Å². The highest BCUT2D eigenvalue weighted by Gasteiger charge is 2.22. The molecule has 1 unspecified atom stereocenters. The van der Waals surface area contributed by atoms with Crippen LogP contribution < -0.4 is 5.32 Å². The third kappa shape index (κ3) is 2.28. The minimum absolute atomic E-state index is 0.407. The largest absolute Gasteiger partial charge is 0.383 e. The van der Waals surface area contributed by atoms with Crippen molar-refractivity contribution in [3.8, 4) is 0 Å². The number of hydrogen-bond acceptors (Lipinski definition) is 3. The van der Waals surface area contributed by atoms with E-state index in [4.69, 9.17) is 4.74 Å². The van der Waals surface area contributed by atoms with Crippen molar-refractivity contribution in [1.29, 1.82) is 0 Å². The number of nitrogens with zero attached hydrogens (tertiary/aromatic N) is 2. The van der Waals surface area contributed by atoms with Crippen LogP contribution in [-0.4, -0.2) is 29.8 Å². The summed E-state index contributed by atoms with van der Waals surface area (Å²) < 4.78 is 7.54. The molecule has 2 rings (SSSR count). The van der Waals surface area contributed by atoms with Crippen LogP contribution in [0.25, 0.3) is 0 Å². The van der Waals surface area contributed by atoms with Crippen LogP contribution in [0.15, 0.2) is 12.5 Å². The van der Waals surface area contributed by atoms with Gasteiger partial charge in [0.2, 0.25) is 0 Å².